The zero-order valence-electron chi connectivity index (χ0n) is 15.7. The van der Waals surface area contributed by atoms with Crippen LogP contribution in [0.2, 0.25) is 0 Å². The van der Waals surface area contributed by atoms with Gasteiger partial charge < -0.3 is 19.7 Å². The van der Waals surface area contributed by atoms with Crippen LogP contribution in [0.15, 0.2) is 6.20 Å². The predicted octanol–water partition coefficient (Wildman–Crippen LogP) is 3.35. The number of anilines is 1. The minimum Gasteiger partial charge on any atom is -0.444 e. The summed E-state index contributed by atoms with van der Waals surface area (Å²) in [6.07, 6.45) is 2.66. The van der Waals surface area contributed by atoms with Crippen molar-refractivity contribution in [3.63, 3.8) is 0 Å². The molecule has 6 nitrogen and oxygen atoms in total. The van der Waals surface area contributed by atoms with Crippen LogP contribution in [0.5, 0.6) is 0 Å². The van der Waals surface area contributed by atoms with E-state index in [2.05, 4.69) is 10.3 Å². The zero-order valence-corrected chi connectivity index (χ0v) is 15.7. The lowest BCUT2D eigenvalue weighted by molar-refractivity contribution is 0.0235. The molecule has 0 aliphatic carbocycles. The molecule has 2 heterocycles. The summed E-state index contributed by atoms with van der Waals surface area (Å²) in [6, 6.07) is 0. The molecule has 0 bridgehead atoms. The van der Waals surface area contributed by atoms with E-state index in [1.165, 1.54) is 0 Å². The van der Waals surface area contributed by atoms with Gasteiger partial charge in [-0.3, -0.25) is 0 Å². The number of carbonyl (C=O) groups excluding carboxylic acids is 1. The normalized spacial score (nSPS) is 16.0. The molecule has 1 N–H and O–H groups in total. The van der Waals surface area contributed by atoms with Crippen LogP contribution in [0.25, 0.3) is 0 Å². The van der Waals surface area contributed by atoms with Gasteiger partial charge in [0.05, 0.1) is 12.6 Å². The van der Waals surface area contributed by atoms with Gasteiger partial charge in [0.2, 0.25) is 0 Å². The lowest BCUT2D eigenvalue weighted by Crippen LogP contribution is -2.36. The van der Waals surface area contributed by atoms with Gasteiger partial charge in [0.15, 0.2) is 11.6 Å². The molecule has 0 unspecified atom stereocenters. The first kappa shape index (κ1) is 19.4. The van der Waals surface area contributed by atoms with Crippen molar-refractivity contribution in [1.82, 2.24) is 9.88 Å². The topological polar surface area (TPSA) is 63.7 Å². The molecule has 0 spiro atoms. The smallest absolute Gasteiger partial charge is 0.410 e. The van der Waals surface area contributed by atoms with Crippen LogP contribution in [0.3, 0.4) is 0 Å². The van der Waals surface area contributed by atoms with E-state index in [1.807, 2.05) is 27.7 Å². The van der Waals surface area contributed by atoms with Crippen LogP contribution >= 0.6 is 0 Å². The first-order valence-corrected chi connectivity index (χ1v) is 8.62. The van der Waals surface area contributed by atoms with Gasteiger partial charge >= 0.3 is 6.09 Å². The van der Waals surface area contributed by atoms with Gasteiger partial charge in [-0.15, -0.1) is 0 Å². The minimum atomic E-state index is -0.577. The van der Waals surface area contributed by atoms with E-state index in [9.17, 15) is 9.18 Å². The summed E-state index contributed by atoms with van der Waals surface area (Å²) < 4.78 is 25.5. The third kappa shape index (κ3) is 5.29. The molecule has 1 atom stereocenters. The van der Waals surface area contributed by atoms with Crippen molar-refractivity contribution >= 4 is 11.9 Å². The zero-order chi connectivity index (χ0) is 18.6. The Bertz CT molecular complexity index is 616. The summed E-state index contributed by atoms with van der Waals surface area (Å²) in [5.74, 6) is -0.218. The Balaban J connectivity index is 2.19. The second-order valence-corrected chi connectivity index (χ2v) is 7.36. The number of aromatic nitrogens is 1. The van der Waals surface area contributed by atoms with Gasteiger partial charge in [0, 0.05) is 32.0 Å². The summed E-state index contributed by atoms with van der Waals surface area (Å²) in [5, 5.41) is 2.97. The predicted molar refractivity (Wildman–Crippen MR) is 94.1 cm³/mol. The van der Waals surface area contributed by atoms with Crippen LogP contribution in [-0.4, -0.2) is 47.9 Å². The third-order valence-corrected chi connectivity index (χ3v) is 4.04. The molecular weight excluding hydrogens is 325 g/mol. The van der Waals surface area contributed by atoms with Crippen molar-refractivity contribution in [2.45, 2.75) is 58.8 Å². The number of carbonyl (C=O) groups is 1. The standard InChI is InChI=1S/C18H28FN3O3/c1-12(24-5)9-20-16-15(19)14-11-22(17(23)25-18(2,3)4)8-6-7-13(14)10-21-16/h10,12H,6-9,11H2,1-5H3,(H,20,21)/t12-/m0/s1. The molecule has 1 amide bonds. The lowest BCUT2D eigenvalue weighted by Gasteiger charge is -2.26. The lowest BCUT2D eigenvalue weighted by atomic mass is 10.1. The highest BCUT2D eigenvalue weighted by Gasteiger charge is 2.27. The second kappa shape index (κ2) is 7.99. The Hall–Kier alpha value is -1.89. The minimum absolute atomic E-state index is 0.0572. The maximum absolute atomic E-state index is 14.9. The average Bonchev–Trinajstić information content (AvgIpc) is 2.75. The molecule has 0 fully saturated rings. The first-order valence-electron chi connectivity index (χ1n) is 8.62. The molecule has 0 saturated carbocycles. The second-order valence-electron chi connectivity index (χ2n) is 7.36. The molecular formula is C18H28FN3O3. The van der Waals surface area contributed by atoms with Crippen molar-refractivity contribution in [3.05, 3.63) is 23.1 Å². The highest BCUT2D eigenvalue weighted by molar-refractivity contribution is 5.68. The molecule has 1 aliphatic heterocycles. The molecule has 25 heavy (non-hydrogen) atoms. The number of amides is 1. The largest absolute Gasteiger partial charge is 0.444 e. The Morgan fingerprint density at radius 3 is 2.84 bits per heavy atom. The SMILES string of the molecule is CO[C@@H](C)CNc1ncc2c(c1F)CN(C(=O)OC(C)(C)C)CCC2. The number of pyridine rings is 1. The fourth-order valence-corrected chi connectivity index (χ4v) is 2.61. The quantitative estimate of drug-likeness (QED) is 0.899. The monoisotopic (exact) mass is 353 g/mol. The summed E-state index contributed by atoms with van der Waals surface area (Å²) in [7, 11) is 1.60. The number of aryl methyl sites for hydroxylation is 1. The Labute approximate surface area is 148 Å². The number of fused-ring (bicyclic) bond motifs is 1. The van der Waals surface area contributed by atoms with Crippen LogP contribution in [0.1, 0.15) is 45.2 Å². The Morgan fingerprint density at radius 2 is 2.20 bits per heavy atom. The highest BCUT2D eigenvalue weighted by atomic mass is 19.1. The van der Waals surface area contributed by atoms with Gasteiger partial charge in [-0.2, -0.15) is 0 Å². The maximum Gasteiger partial charge on any atom is 0.410 e. The molecule has 2 rings (SSSR count). The van der Waals surface area contributed by atoms with E-state index in [0.29, 0.717) is 25.1 Å². The van der Waals surface area contributed by atoms with Gasteiger partial charge in [0.1, 0.15) is 5.60 Å². The van der Waals surface area contributed by atoms with E-state index >= 15 is 0 Å². The number of halogens is 1. The van der Waals surface area contributed by atoms with Gasteiger partial charge in [-0.05, 0) is 46.1 Å². The highest BCUT2D eigenvalue weighted by Crippen LogP contribution is 2.26. The molecule has 7 heteroatoms. The van der Waals surface area contributed by atoms with E-state index in [1.54, 1.807) is 18.2 Å². The summed E-state index contributed by atoms with van der Waals surface area (Å²) >= 11 is 0. The average molecular weight is 353 g/mol. The maximum atomic E-state index is 14.9. The van der Waals surface area contributed by atoms with Crippen LogP contribution in [0.4, 0.5) is 15.0 Å². The Kier molecular flexibility index (Phi) is 6.21. The number of methoxy groups -OCH3 is 1. The summed E-state index contributed by atoms with van der Waals surface area (Å²) in [5.41, 5.74) is 0.770. The molecule has 1 aromatic heterocycles. The first-order chi connectivity index (χ1) is 11.7. The van der Waals surface area contributed by atoms with Crippen molar-refractivity contribution in [3.8, 4) is 0 Å². The number of hydrogen-bond donors (Lipinski definition) is 1. The van der Waals surface area contributed by atoms with Gasteiger partial charge in [-0.25, -0.2) is 14.2 Å². The molecule has 140 valence electrons. The molecule has 0 aromatic carbocycles. The molecule has 1 aromatic rings. The van der Waals surface area contributed by atoms with Crippen molar-refractivity contribution < 1.29 is 18.7 Å². The van der Waals surface area contributed by atoms with Crippen molar-refractivity contribution in [2.75, 3.05) is 25.5 Å². The third-order valence-electron chi connectivity index (χ3n) is 4.04. The molecule has 0 saturated heterocycles. The molecule has 1 aliphatic rings. The summed E-state index contributed by atoms with van der Waals surface area (Å²) in [6.45, 7) is 8.52. The van der Waals surface area contributed by atoms with Crippen LogP contribution < -0.4 is 5.32 Å². The molecule has 0 radical (unpaired) electrons. The number of rotatable bonds is 4. The fourth-order valence-electron chi connectivity index (χ4n) is 2.61. The van der Waals surface area contributed by atoms with E-state index in [0.717, 1.165) is 12.0 Å². The van der Waals surface area contributed by atoms with Crippen LogP contribution in [0, 0.1) is 5.82 Å². The number of hydrogen-bond acceptors (Lipinski definition) is 5. The van der Waals surface area contributed by atoms with E-state index < -0.39 is 17.5 Å². The van der Waals surface area contributed by atoms with Crippen molar-refractivity contribution in [2.24, 2.45) is 0 Å². The van der Waals surface area contributed by atoms with E-state index in [4.69, 9.17) is 9.47 Å². The van der Waals surface area contributed by atoms with Crippen molar-refractivity contribution in [1.29, 1.82) is 0 Å². The fraction of sp³-hybridized carbons (Fsp3) is 0.667. The summed E-state index contributed by atoms with van der Waals surface area (Å²) in [4.78, 5) is 18.1. The number of ether oxygens (including phenoxy) is 2. The number of nitrogens with one attached hydrogen (secondary N) is 1. The van der Waals surface area contributed by atoms with E-state index in [-0.39, 0.29) is 18.5 Å². The number of nitrogens with zero attached hydrogens (tertiary/aromatic N) is 2. The van der Waals surface area contributed by atoms with Gasteiger partial charge in [-0.1, -0.05) is 0 Å². The van der Waals surface area contributed by atoms with Gasteiger partial charge in [0.25, 0.3) is 0 Å². The van der Waals surface area contributed by atoms with Crippen LogP contribution in [-0.2, 0) is 22.4 Å². The Morgan fingerprint density at radius 1 is 1.48 bits per heavy atom.